The van der Waals surface area contributed by atoms with Crippen molar-refractivity contribution in [1.29, 1.82) is 0 Å². The van der Waals surface area contributed by atoms with Crippen LogP contribution in [-0.4, -0.2) is 68.1 Å². The number of carbonyl (C=O) groups excluding carboxylic acids is 2. The Morgan fingerprint density at radius 3 is 2.26 bits per heavy atom. The lowest BCUT2D eigenvalue weighted by Gasteiger charge is -2.36. The summed E-state index contributed by atoms with van der Waals surface area (Å²) in [6, 6.07) is 7.19. The summed E-state index contributed by atoms with van der Waals surface area (Å²) in [5.41, 5.74) is 1.15. The van der Waals surface area contributed by atoms with Gasteiger partial charge in [0.1, 0.15) is 11.9 Å². The molecule has 1 aliphatic carbocycles. The van der Waals surface area contributed by atoms with Crippen LogP contribution in [0.1, 0.15) is 10.4 Å². The van der Waals surface area contributed by atoms with Crippen molar-refractivity contribution in [2.75, 3.05) is 40.4 Å². The lowest BCUT2D eigenvalue weighted by atomic mass is 10.1. The van der Waals surface area contributed by atoms with Crippen LogP contribution in [0.4, 0.5) is 0 Å². The Bertz CT molecular complexity index is 789. The summed E-state index contributed by atoms with van der Waals surface area (Å²) in [7, 11) is 3.14. The molecule has 1 aliphatic heterocycles. The second-order valence-electron chi connectivity index (χ2n) is 6.33. The van der Waals surface area contributed by atoms with Crippen LogP contribution in [0.5, 0.6) is 5.75 Å². The number of ether oxygens (including phenoxy) is 2. The van der Waals surface area contributed by atoms with Crippen molar-refractivity contribution in [3.63, 3.8) is 0 Å². The summed E-state index contributed by atoms with van der Waals surface area (Å²) >= 11 is 0. The van der Waals surface area contributed by atoms with Gasteiger partial charge in [-0.1, -0.05) is 42.5 Å². The number of methoxy groups -OCH3 is 2. The number of hydrogen-bond donors (Lipinski definition) is 0. The van der Waals surface area contributed by atoms with Crippen LogP contribution in [0, 0.1) is 0 Å². The molecular weight excluding hydrogens is 344 g/mol. The molecule has 6 heteroatoms. The Morgan fingerprint density at radius 2 is 1.59 bits per heavy atom. The van der Waals surface area contributed by atoms with Crippen LogP contribution >= 0.6 is 0 Å². The smallest absolute Gasteiger partial charge is 0.257 e. The largest absolute Gasteiger partial charge is 0.496 e. The molecule has 1 saturated heterocycles. The average molecular weight is 368 g/mol. The monoisotopic (exact) mass is 368 g/mol. The minimum Gasteiger partial charge on any atom is -0.496 e. The van der Waals surface area contributed by atoms with Crippen molar-refractivity contribution in [1.82, 2.24) is 9.80 Å². The summed E-state index contributed by atoms with van der Waals surface area (Å²) in [4.78, 5) is 29.2. The number of amides is 2. The van der Waals surface area contributed by atoms with Gasteiger partial charge >= 0.3 is 0 Å². The van der Waals surface area contributed by atoms with Crippen molar-refractivity contribution in [2.45, 2.75) is 6.10 Å². The summed E-state index contributed by atoms with van der Waals surface area (Å²) in [6.07, 6.45) is 8.87. The fraction of sp³-hybridized carbons (Fsp3) is 0.333. The third kappa shape index (κ3) is 4.11. The van der Waals surface area contributed by atoms with Crippen molar-refractivity contribution in [3.05, 3.63) is 65.8 Å². The topological polar surface area (TPSA) is 59.1 Å². The molecule has 27 heavy (non-hydrogen) atoms. The molecule has 1 fully saturated rings. The Balaban J connectivity index is 1.65. The first-order chi connectivity index (χ1) is 13.2. The average Bonchev–Trinajstić information content (AvgIpc) is 2.98. The summed E-state index contributed by atoms with van der Waals surface area (Å²) in [6.45, 7) is 1.94. The molecule has 1 atom stereocenters. The number of para-hydroxylation sites is 1. The van der Waals surface area contributed by atoms with Crippen molar-refractivity contribution in [3.8, 4) is 5.75 Å². The highest BCUT2D eigenvalue weighted by molar-refractivity contribution is 5.98. The zero-order chi connectivity index (χ0) is 19.2. The maximum atomic E-state index is 12.9. The Hall–Kier alpha value is -2.86. The first-order valence-electron chi connectivity index (χ1n) is 8.95. The molecule has 0 N–H and O–H groups in total. The standard InChI is InChI=1S/C21H24N2O4/c1-26-18-10-5-3-4-8-16(18)20(24)22-12-14-23(15-13-22)21(25)17-9-6-7-11-19(17)27-2/h3-11,18H,12-15H2,1-2H3. The molecule has 1 heterocycles. The van der Waals surface area contributed by atoms with Crippen LogP contribution in [0.25, 0.3) is 0 Å². The minimum absolute atomic E-state index is 0.0533. The van der Waals surface area contributed by atoms with Gasteiger partial charge in [0.05, 0.1) is 12.7 Å². The summed E-state index contributed by atoms with van der Waals surface area (Å²) in [5.74, 6) is 0.433. The molecule has 142 valence electrons. The normalized spacial score (nSPS) is 19.5. The second kappa shape index (κ2) is 8.68. The number of allylic oxidation sites excluding steroid dienone is 4. The highest BCUT2D eigenvalue weighted by Gasteiger charge is 2.29. The maximum Gasteiger partial charge on any atom is 0.257 e. The van der Waals surface area contributed by atoms with Gasteiger partial charge in [0.15, 0.2) is 0 Å². The summed E-state index contributed by atoms with van der Waals surface area (Å²) in [5, 5.41) is 0. The molecule has 0 saturated carbocycles. The molecule has 1 aromatic rings. The molecule has 3 rings (SSSR count). The van der Waals surface area contributed by atoms with Crippen LogP contribution in [0.15, 0.2) is 60.2 Å². The maximum absolute atomic E-state index is 12.9. The lowest BCUT2D eigenvalue weighted by molar-refractivity contribution is -0.129. The second-order valence-corrected chi connectivity index (χ2v) is 6.33. The van der Waals surface area contributed by atoms with Gasteiger partial charge in [0.25, 0.3) is 11.8 Å². The molecule has 0 aromatic heterocycles. The zero-order valence-corrected chi connectivity index (χ0v) is 15.6. The van der Waals surface area contributed by atoms with Gasteiger partial charge in [-0.15, -0.1) is 0 Å². The van der Waals surface area contributed by atoms with E-state index in [4.69, 9.17) is 9.47 Å². The number of carbonyl (C=O) groups is 2. The van der Waals surface area contributed by atoms with E-state index in [2.05, 4.69) is 0 Å². The number of rotatable bonds is 4. The van der Waals surface area contributed by atoms with Crippen LogP contribution in [0.3, 0.4) is 0 Å². The fourth-order valence-electron chi connectivity index (χ4n) is 3.27. The number of piperazine rings is 1. The van der Waals surface area contributed by atoms with E-state index >= 15 is 0 Å². The molecule has 1 aromatic carbocycles. The third-order valence-corrected chi connectivity index (χ3v) is 4.78. The highest BCUT2D eigenvalue weighted by Crippen LogP contribution is 2.21. The van der Waals surface area contributed by atoms with Gasteiger partial charge in [-0.25, -0.2) is 0 Å². The molecule has 0 radical (unpaired) electrons. The van der Waals surface area contributed by atoms with E-state index in [9.17, 15) is 9.59 Å². The quantitative estimate of drug-likeness (QED) is 0.816. The highest BCUT2D eigenvalue weighted by atomic mass is 16.5. The van der Waals surface area contributed by atoms with Gasteiger partial charge in [0.2, 0.25) is 0 Å². The van der Waals surface area contributed by atoms with E-state index in [1.165, 1.54) is 0 Å². The van der Waals surface area contributed by atoms with E-state index in [1.54, 1.807) is 42.2 Å². The van der Waals surface area contributed by atoms with E-state index < -0.39 is 0 Å². The van der Waals surface area contributed by atoms with Crippen molar-refractivity contribution >= 4 is 11.8 Å². The zero-order valence-electron chi connectivity index (χ0n) is 15.6. The van der Waals surface area contributed by atoms with Crippen molar-refractivity contribution < 1.29 is 19.1 Å². The first-order valence-corrected chi connectivity index (χ1v) is 8.95. The molecule has 2 amide bonds. The SMILES string of the molecule is COc1ccccc1C(=O)N1CCN(C(=O)C2=CC=CC=CC2OC)CC1. The van der Waals surface area contributed by atoms with E-state index in [0.29, 0.717) is 43.1 Å². The molecule has 0 spiro atoms. The van der Waals surface area contributed by atoms with Crippen LogP contribution < -0.4 is 4.74 Å². The number of hydrogen-bond acceptors (Lipinski definition) is 4. The number of nitrogens with zero attached hydrogens (tertiary/aromatic N) is 2. The first kappa shape index (κ1) is 18.9. The van der Waals surface area contributed by atoms with Crippen molar-refractivity contribution in [2.24, 2.45) is 0 Å². The van der Waals surface area contributed by atoms with E-state index in [1.807, 2.05) is 36.4 Å². The van der Waals surface area contributed by atoms with E-state index in [0.717, 1.165) is 0 Å². The Morgan fingerprint density at radius 1 is 0.926 bits per heavy atom. The minimum atomic E-state index is -0.360. The van der Waals surface area contributed by atoms with Gasteiger partial charge in [-0.2, -0.15) is 0 Å². The predicted octanol–water partition coefficient (Wildman–Crippen LogP) is 2.05. The van der Waals surface area contributed by atoms with Crippen LogP contribution in [-0.2, 0) is 9.53 Å². The van der Waals surface area contributed by atoms with Gasteiger partial charge < -0.3 is 19.3 Å². The molecule has 1 unspecified atom stereocenters. The van der Waals surface area contributed by atoms with Gasteiger partial charge in [-0.05, 0) is 12.1 Å². The Labute approximate surface area is 159 Å². The molecule has 0 bridgehead atoms. The lowest BCUT2D eigenvalue weighted by Crippen LogP contribution is -2.51. The molecular formula is C21H24N2O4. The fourth-order valence-corrected chi connectivity index (χ4v) is 3.27. The predicted molar refractivity (Wildman–Crippen MR) is 103 cm³/mol. The van der Waals surface area contributed by atoms with Crippen LogP contribution in [0.2, 0.25) is 0 Å². The molecule has 6 nitrogen and oxygen atoms in total. The van der Waals surface area contributed by atoms with E-state index in [-0.39, 0.29) is 17.9 Å². The Kier molecular flexibility index (Phi) is 6.08. The number of benzene rings is 1. The third-order valence-electron chi connectivity index (χ3n) is 4.78. The van der Waals surface area contributed by atoms with Gasteiger partial charge in [-0.3, -0.25) is 9.59 Å². The molecule has 2 aliphatic rings. The summed E-state index contributed by atoms with van der Waals surface area (Å²) < 4.78 is 10.7. The van der Waals surface area contributed by atoms with Gasteiger partial charge in [0, 0.05) is 38.9 Å².